The number of aryl methyl sites for hydroxylation is 2. The van der Waals surface area contributed by atoms with E-state index in [9.17, 15) is 0 Å². The molecule has 0 amide bonds. The molecule has 5 nitrogen and oxygen atoms in total. The number of hydrogen-bond donors (Lipinski definition) is 2. The van der Waals surface area contributed by atoms with Crippen LogP contribution in [0.1, 0.15) is 40.6 Å². The quantitative estimate of drug-likeness (QED) is 0.255. The lowest BCUT2D eigenvalue weighted by atomic mass is 10.1. The molecule has 0 fully saturated rings. The van der Waals surface area contributed by atoms with Crippen molar-refractivity contribution in [3.05, 3.63) is 75.5 Å². The van der Waals surface area contributed by atoms with E-state index in [1.165, 1.54) is 20.9 Å². The number of hydrogen-bond acceptors (Lipinski definition) is 3. The lowest BCUT2D eigenvalue weighted by molar-refractivity contribution is 0.760. The van der Waals surface area contributed by atoms with E-state index in [0.717, 1.165) is 37.8 Å². The maximum atomic E-state index is 4.76. The van der Waals surface area contributed by atoms with E-state index in [0.29, 0.717) is 6.54 Å². The van der Waals surface area contributed by atoms with E-state index >= 15 is 0 Å². The number of nitrogens with zero attached hydrogens (tertiary/aromatic N) is 3. The number of halogens is 1. The predicted octanol–water partition coefficient (Wildman–Crippen LogP) is 4.74. The Bertz CT molecular complexity index is 915. The van der Waals surface area contributed by atoms with Gasteiger partial charge in [-0.3, -0.25) is 0 Å². The molecular formula is C22H30IN5S. The molecule has 0 aliphatic heterocycles. The molecule has 2 N–H and O–H groups in total. The van der Waals surface area contributed by atoms with Gasteiger partial charge in [0.15, 0.2) is 5.96 Å². The second kappa shape index (κ2) is 12.0. The molecule has 0 aliphatic carbocycles. The first kappa shape index (κ1) is 23.4. The van der Waals surface area contributed by atoms with Crippen LogP contribution in [-0.2, 0) is 26.1 Å². The summed E-state index contributed by atoms with van der Waals surface area (Å²) in [6, 6.07) is 13.0. The molecule has 29 heavy (non-hydrogen) atoms. The molecule has 1 aromatic carbocycles. The number of nitrogens with one attached hydrogen (secondary N) is 2. The fraction of sp³-hybridized carbons (Fsp3) is 0.364. The fourth-order valence-electron chi connectivity index (χ4n) is 2.98. The number of benzene rings is 1. The highest BCUT2D eigenvalue weighted by molar-refractivity contribution is 14.0. The second-order valence-corrected chi connectivity index (χ2v) is 7.95. The van der Waals surface area contributed by atoms with Gasteiger partial charge < -0.3 is 15.2 Å². The fourth-order valence-corrected chi connectivity index (χ4v) is 3.88. The van der Waals surface area contributed by atoms with Crippen LogP contribution in [0, 0.1) is 6.92 Å². The highest BCUT2D eigenvalue weighted by Gasteiger charge is 2.03. The van der Waals surface area contributed by atoms with E-state index in [-0.39, 0.29) is 24.0 Å². The van der Waals surface area contributed by atoms with Crippen molar-refractivity contribution in [3.8, 4) is 0 Å². The van der Waals surface area contributed by atoms with Gasteiger partial charge in [0.1, 0.15) is 5.82 Å². The molecule has 0 radical (unpaired) electrons. The maximum absolute atomic E-state index is 4.76. The zero-order valence-electron chi connectivity index (χ0n) is 17.3. The summed E-state index contributed by atoms with van der Waals surface area (Å²) in [5.41, 5.74) is 2.47. The SMILES string of the molecule is CCNC(=NCc1cccc(Cn2ccnc2C)c1)NCc1ccc(CC)s1.I. The summed E-state index contributed by atoms with van der Waals surface area (Å²) in [7, 11) is 0. The lowest BCUT2D eigenvalue weighted by Gasteiger charge is -2.11. The highest BCUT2D eigenvalue weighted by atomic mass is 127. The number of imidazole rings is 1. The molecule has 0 atom stereocenters. The van der Waals surface area contributed by atoms with Gasteiger partial charge in [0.25, 0.3) is 0 Å². The molecule has 3 aromatic rings. The number of guanidine groups is 1. The van der Waals surface area contributed by atoms with Crippen LogP contribution in [0.3, 0.4) is 0 Å². The summed E-state index contributed by atoms with van der Waals surface area (Å²) >= 11 is 1.86. The number of thiophene rings is 1. The Balaban J connectivity index is 0.00000300. The third-order valence-corrected chi connectivity index (χ3v) is 5.76. The molecule has 2 heterocycles. The van der Waals surface area contributed by atoms with E-state index in [2.05, 4.69) is 70.4 Å². The van der Waals surface area contributed by atoms with Crippen molar-refractivity contribution in [2.45, 2.75) is 46.8 Å². The summed E-state index contributed by atoms with van der Waals surface area (Å²) in [5.74, 6) is 1.88. The minimum absolute atomic E-state index is 0. The highest BCUT2D eigenvalue weighted by Crippen LogP contribution is 2.16. The Hall–Kier alpha value is -1.87. The maximum Gasteiger partial charge on any atom is 0.191 e. The second-order valence-electron chi connectivity index (χ2n) is 6.69. The third-order valence-electron chi connectivity index (χ3n) is 4.53. The summed E-state index contributed by atoms with van der Waals surface area (Å²) in [5, 5.41) is 6.77. The molecular weight excluding hydrogens is 493 g/mol. The third kappa shape index (κ3) is 7.15. The van der Waals surface area contributed by atoms with Gasteiger partial charge in [-0.2, -0.15) is 0 Å². The Morgan fingerprint density at radius 3 is 2.59 bits per heavy atom. The summed E-state index contributed by atoms with van der Waals surface area (Å²) in [6.45, 7) is 9.44. The van der Waals surface area contributed by atoms with E-state index in [1.54, 1.807) is 0 Å². The molecule has 0 aliphatic rings. The van der Waals surface area contributed by atoms with Crippen LogP contribution < -0.4 is 10.6 Å². The van der Waals surface area contributed by atoms with Crippen molar-refractivity contribution < 1.29 is 0 Å². The number of aliphatic imine (C=N–C) groups is 1. The van der Waals surface area contributed by atoms with Gasteiger partial charge in [0.05, 0.1) is 13.1 Å². The van der Waals surface area contributed by atoms with Crippen molar-refractivity contribution in [1.82, 2.24) is 20.2 Å². The standard InChI is InChI=1S/C22H29N5S.HI/c1-4-20-9-10-21(28-20)15-26-22(23-5-2)25-14-18-7-6-8-19(13-18)16-27-12-11-24-17(27)3;/h6-13H,4-5,14-16H2,1-3H3,(H2,23,25,26);1H. The summed E-state index contributed by atoms with van der Waals surface area (Å²) in [4.78, 5) is 11.8. The zero-order valence-corrected chi connectivity index (χ0v) is 20.5. The molecule has 0 saturated heterocycles. The van der Waals surface area contributed by atoms with Crippen molar-refractivity contribution in [2.24, 2.45) is 4.99 Å². The van der Waals surface area contributed by atoms with Gasteiger partial charge in [-0.25, -0.2) is 9.98 Å². The van der Waals surface area contributed by atoms with Crippen LogP contribution in [0.15, 0.2) is 53.8 Å². The Kier molecular flexibility index (Phi) is 9.66. The summed E-state index contributed by atoms with van der Waals surface area (Å²) < 4.78 is 2.15. The van der Waals surface area contributed by atoms with Crippen molar-refractivity contribution >= 4 is 41.3 Å². The van der Waals surface area contributed by atoms with Crippen LogP contribution in [0.25, 0.3) is 0 Å². The molecule has 156 valence electrons. The first-order valence-corrected chi connectivity index (χ1v) is 10.6. The van der Waals surface area contributed by atoms with Gasteiger partial charge in [0, 0.05) is 35.2 Å². The monoisotopic (exact) mass is 523 g/mol. The van der Waals surface area contributed by atoms with Crippen LogP contribution >= 0.6 is 35.3 Å². The largest absolute Gasteiger partial charge is 0.357 e. The van der Waals surface area contributed by atoms with Gasteiger partial charge >= 0.3 is 0 Å². The van der Waals surface area contributed by atoms with Gasteiger partial charge in [-0.05, 0) is 43.5 Å². The van der Waals surface area contributed by atoms with Crippen LogP contribution in [-0.4, -0.2) is 22.1 Å². The van der Waals surface area contributed by atoms with E-state index < -0.39 is 0 Å². The molecule has 0 unspecified atom stereocenters. The average Bonchev–Trinajstić information content (AvgIpc) is 3.33. The number of aromatic nitrogens is 2. The Morgan fingerprint density at radius 1 is 1.10 bits per heavy atom. The molecule has 7 heteroatoms. The van der Waals surface area contributed by atoms with Crippen molar-refractivity contribution in [3.63, 3.8) is 0 Å². The smallest absolute Gasteiger partial charge is 0.191 e. The predicted molar refractivity (Wildman–Crippen MR) is 133 cm³/mol. The van der Waals surface area contributed by atoms with Crippen LogP contribution in [0.4, 0.5) is 0 Å². The minimum Gasteiger partial charge on any atom is -0.357 e. The minimum atomic E-state index is 0. The Labute approximate surface area is 194 Å². The molecule has 3 rings (SSSR count). The molecule has 0 bridgehead atoms. The molecule has 0 spiro atoms. The normalized spacial score (nSPS) is 11.2. The van der Waals surface area contributed by atoms with Gasteiger partial charge in [-0.1, -0.05) is 31.2 Å². The molecule has 2 aromatic heterocycles. The zero-order chi connectivity index (χ0) is 19.8. The van der Waals surface area contributed by atoms with E-state index in [1.807, 2.05) is 30.7 Å². The topological polar surface area (TPSA) is 54.2 Å². The first-order valence-electron chi connectivity index (χ1n) is 9.83. The number of rotatable bonds is 8. The van der Waals surface area contributed by atoms with Crippen LogP contribution in [0.2, 0.25) is 0 Å². The van der Waals surface area contributed by atoms with E-state index in [4.69, 9.17) is 4.99 Å². The van der Waals surface area contributed by atoms with Gasteiger partial charge in [-0.15, -0.1) is 35.3 Å². The Morgan fingerprint density at radius 2 is 1.90 bits per heavy atom. The van der Waals surface area contributed by atoms with Crippen molar-refractivity contribution in [1.29, 1.82) is 0 Å². The van der Waals surface area contributed by atoms with Crippen molar-refractivity contribution in [2.75, 3.05) is 6.54 Å². The summed E-state index contributed by atoms with van der Waals surface area (Å²) in [6.07, 6.45) is 4.95. The lowest BCUT2D eigenvalue weighted by Crippen LogP contribution is -2.36. The van der Waals surface area contributed by atoms with Crippen LogP contribution in [0.5, 0.6) is 0 Å². The first-order chi connectivity index (χ1) is 13.7. The molecule has 0 saturated carbocycles. The average molecular weight is 523 g/mol. The van der Waals surface area contributed by atoms with Gasteiger partial charge in [0.2, 0.25) is 0 Å².